The second kappa shape index (κ2) is 7.18. The topological polar surface area (TPSA) is 54.0 Å². The van der Waals surface area contributed by atoms with Gasteiger partial charge in [0.2, 0.25) is 0 Å². The van der Waals surface area contributed by atoms with Gasteiger partial charge in [-0.3, -0.25) is 0 Å². The minimum atomic E-state index is 0. The molecule has 0 aliphatic rings. The molecule has 4 nitrogen and oxygen atoms in total. The summed E-state index contributed by atoms with van der Waals surface area (Å²) in [6.45, 7) is 0. The van der Waals surface area contributed by atoms with Crippen LogP contribution in [-0.2, 0) is 20.1 Å². The maximum Gasteiger partial charge on any atom is 3.00 e. The van der Waals surface area contributed by atoms with Gasteiger partial charge in [-0.25, -0.2) is 0 Å². The van der Waals surface area contributed by atoms with Crippen LogP contribution >= 0.6 is 0 Å². The Hall–Kier alpha value is -0.931. The van der Waals surface area contributed by atoms with E-state index in [0.29, 0.717) is 0 Å². The molecule has 0 aliphatic heterocycles. The molecule has 2 aromatic rings. The molecule has 2 aromatic heterocycles. The number of nitrogens with zero attached hydrogens (tertiary/aromatic N) is 4. The van der Waals surface area contributed by atoms with Crippen molar-refractivity contribution in [3.63, 3.8) is 0 Å². The van der Waals surface area contributed by atoms with E-state index in [2.05, 4.69) is 20.4 Å². The Bertz CT molecular complexity index is 154. The van der Waals surface area contributed by atoms with Gasteiger partial charge >= 0.3 is 20.1 Å². The summed E-state index contributed by atoms with van der Waals surface area (Å²) >= 11 is 0. The van der Waals surface area contributed by atoms with Crippen molar-refractivity contribution in [3.8, 4) is 0 Å². The smallest absolute Gasteiger partial charge is 0.582 e. The predicted octanol–water partition coefficient (Wildman–Crippen LogP) is 0.0751. The van der Waals surface area contributed by atoms with E-state index in [4.69, 9.17) is 0 Å². The van der Waals surface area contributed by atoms with Gasteiger partial charge in [0.15, 0.2) is 0 Å². The van der Waals surface area contributed by atoms with E-state index in [-0.39, 0.29) is 20.1 Å². The van der Waals surface area contributed by atoms with Gasteiger partial charge in [0, 0.05) is 12.4 Å². The average Bonchev–Trinajstić information content (AvgIpc) is 2.67. The molecular formula is C6H6IrN4+. The van der Waals surface area contributed by atoms with Crippen LogP contribution in [0, 0.1) is 0 Å². The fraction of sp³-hybridized carbons (Fsp3) is 0. The van der Waals surface area contributed by atoms with Crippen LogP contribution in [0.5, 0.6) is 0 Å². The van der Waals surface area contributed by atoms with E-state index in [9.17, 15) is 0 Å². The largest absolute Gasteiger partial charge is 3.00 e. The van der Waals surface area contributed by atoms with E-state index in [0.717, 1.165) is 0 Å². The molecule has 0 radical (unpaired) electrons. The molecule has 2 rings (SSSR count). The van der Waals surface area contributed by atoms with Crippen LogP contribution in [0.15, 0.2) is 36.9 Å². The summed E-state index contributed by atoms with van der Waals surface area (Å²) in [5, 5.41) is 13.9. The second-order valence-corrected chi connectivity index (χ2v) is 1.44. The van der Waals surface area contributed by atoms with Crippen LogP contribution in [0.2, 0.25) is 0 Å². The van der Waals surface area contributed by atoms with E-state index in [1.165, 1.54) is 0 Å². The second-order valence-electron chi connectivity index (χ2n) is 1.44. The first-order valence-electron chi connectivity index (χ1n) is 2.77. The van der Waals surface area contributed by atoms with Crippen LogP contribution in [0.3, 0.4) is 0 Å². The molecular weight excluding hydrogens is 320 g/mol. The number of rotatable bonds is 0. The van der Waals surface area contributed by atoms with Crippen LogP contribution in [0.1, 0.15) is 0 Å². The van der Waals surface area contributed by atoms with Crippen molar-refractivity contribution in [1.29, 1.82) is 0 Å². The molecule has 0 atom stereocenters. The van der Waals surface area contributed by atoms with E-state index >= 15 is 0 Å². The summed E-state index contributed by atoms with van der Waals surface area (Å²) in [7, 11) is 0. The Labute approximate surface area is 77.8 Å². The summed E-state index contributed by atoms with van der Waals surface area (Å²) in [5.74, 6) is 0. The molecule has 0 bridgehead atoms. The molecule has 0 spiro atoms. The SMILES string of the molecule is [Ir+3].c1cn[n-]c1.c1cn[n-]c1. The molecule has 0 aliphatic carbocycles. The fourth-order valence-corrected chi connectivity index (χ4v) is 0.385. The molecule has 0 saturated heterocycles. The maximum absolute atomic E-state index is 3.47. The Morgan fingerprint density at radius 3 is 1.36 bits per heavy atom. The van der Waals surface area contributed by atoms with Crippen molar-refractivity contribution >= 4 is 0 Å². The van der Waals surface area contributed by atoms with Crippen LogP contribution < -0.4 is 10.2 Å². The molecule has 0 amide bonds. The molecule has 2 heterocycles. The van der Waals surface area contributed by atoms with Crippen molar-refractivity contribution in [1.82, 2.24) is 20.4 Å². The van der Waals surface area contributed by atoms with E-state index in [1.54, 1.807) is 36.9 Å². The van der Waals surface area contributed by atoms with Gasteiger partial charge in [-0.2, -0.15) is 12.4 Å². The van der Waals surface area contributed by atoms with Crippen LogP contribution in [0.25, 0.3) is 0 Å². The number of hydrogen-bond donors (Lipinski definition) is 0. The summed E-state index contributed by atoms with van der Waals surface area (Å²) in [6, 6.07) is 3.56. The molecule has 0 aromatic carbocycles. The van der Waals surface area contributed by atoms with Crippen LogP contribution in [-0.4, -0.2) is 10.2 Å². The molecule has 0 unspecified atom stereocenters. The maximum atomic E-state index is 3.47. The average molecular weight is 326 g/mol. The van der Waals surface area contributed by atoms with Crippen molar-refractivity contribution in [2.75, 3.05) is 0 Å². The first kappa shape index (κ1) is 10.1. The normalized spacial score (nSPS) is 7.27. The minimum absolute atomic E-state index is 0. The Kier molecular flexibility index (Phi) is 6.57. The first-order chi connectivity index (χ1) is 5.00. The van der Waals surface area contributed by atoms with Gasteiger partial charge in [0.25, 0.3) is 0 Å². The Morgan fingerprint density at radius 2 is 1.27 bits per heavy atom. The van der Waals surface area contributed by atoms with Gasteiger partial charge in [-0.05, 0) is 0 Å². The molecule has 0 N–H and O–H groups in total. The fourth-order valence-electron chi connectivity index (χ4n) is 0.385. The number of hydrogen-bond acceptors (Lipinski definition) is 2. The van der Waals surface area contributed by atoms with Gasteiger partial charge in [-0.15, -0.1) is 0 Å². The zero-order chi connectivity index (χ0) is 7.07. The summed E-state index contributed by atoms with van der Waals surface area (Å²) < 4.78 is 0. The quantitative estimate of drug-likeness (QED) is 0.688. The Balaban J connectivity index is 0.000000167. The zero-order valence-electron chi connectivity index (χ0n) is 5.59. The van der Waals surface area contributed by atoms with Gasteiger partial charge in [0.1, 0.15) is 0 Å². The van der Waals surface area contributed by atoms with Gasteiger partial charge in [-0.1, -0.05) is 12.1 Å². The molecule has 11 heavy (non-hydrogen) atoms. The number of aromatic nitrogens is 4. The van der Waals surface area contributed by atoms with Crippen molar-refractivity contribution < 1.29 is 20.1 Å². The minimum Gasteiger partial charge on any atom is -0.582 e. The van der Waals surface area contributed by atoms with Crippen molar-refractivity contribution in [3.05, 3.63) is 36.9 Å². The van der Waals surface area contributed by atoms with E-state index in [1.807, 2.05) is 0 Å². The molecule has 58 valence electrons. The summed E-state index contributed by atoms with van der Waals surface area (Å²) in [6.07, 6.45) is 6.56. The summed E-state index contributed by atoms with van der Waals surface area (Å²) in [4.78, 5) is 0. The van der Waals surface area contributed by atoms with E-state index < -0.39 is 0 Å². The third-order valence-corrected chi connectivity index (χ3v) is 0.744. The zero-order valence-corrected chi connectivity index (χ0v) is 7.98. The predicted molar refractivity (Wildman–Crippen MR) is 35.1 cm³/mol. The summed E-state index contributed by atoms with van der Waals surface area (Å²) in [5.41, 5.74) is 0. The standard InChI is InChI=1S/2C3H3N2.Ir/c2*1-2-4-5-3-1;/h2*1-3H;/q2*-1;+3. The van der Waals surface area contributed by atoms with Crippen LogP contribution in [0.4, 0.5) is 0 Å². The first-order valence-corrected chi connectivity index (χ1v) is 2.77. The van der Waals surface area contributed by atoms with Crippen molar-refractivity contribution in [2.24, 2.45) is 0 Å². The third-order valence-electron chi connectivity index (χ3n) is 0.744. The molecule has 0 fully saturated rings. The molecule has 5 heteroatoms. The van der Waals surface area contributed by atoms with Crippen molar-refractivity contribution in [2.45, 2.75) is 0 Å². The monoisotopic (exact) mass is 327 g/mol. The van der Waals surface area contributed by atoms with Gasteiger partial charge in [0.05, 0.1) is 0 Å². The Morgan fingerprint density at radius 1 is 0.818 bits per heavy atom. The van der Waals surface area contributed by atoms with Gasteiger partial charge < -0.3 is 20.4 Å². The third kappa shape index (κ3) is 5.51. The molecule has 0 saturated carbocycles.